The van der Waals surface area contributed by atoms with Crippen LogP contribution in [0.2, 0.25) is 0 Å². The standard InChI is InChI=1S/C23H23N3O5S/c1-16-8-12-20(13-9-16)32(30,31)25-22(18-6-4-3-5-7-18)15-23(27)24-21-14-19(26(28)29)11-10-17(21)2/h3-14,22,25H,15H2,1-2H3,(H,24,27)/t22-/m0/s1. The van der Waals surface area contributed by atoms with Crippen molar-refractivity contribution < 1.29 is 18.1 Å². The summed E-state index contributed by atoms with van der Waals surface area (Å²) < 4.78 is 28.5. The molecule has 3 aromatic carbocycles. The predicted octanol–water partition coefficient (Wildman–Crippen LogP) is 4.26. The maximum absolute atomic E-state index is 12.9. The summed E-state index contributed by atoms with van der Waals surface area (Å²) in [5.74, 6) is -0.478. The van der Waals surface area contributed by atoms with Crippen molar-refractivity contribution in [3.8, 4) is 0 Å². The number of carbonyl (C=O) groups is 1. The molecule has 0 aliphatic rings. The normalized spacial score (nSPS) is 12.2. The number of sulfonamides is 1. The van der Waals surface area contributed by atoms with Crippen molar-refractivity contribution in [2.24, 2.45) is 0 Å². The molecule has 1 atom stereocenters. The number of carbonyl (C=O) groups excluding carboxylic acids is 1. The Morgan fingerprint density at radius 3 is 2.28 bits per heavy atom. The number of hydrogen-bond acceptors (Lipinski definition) is 5. The number of hydrogen-bond donors (Lipinski definition) is 2. The molecule has 3 aromatic rings. The smallest absolute Gasteiger partial charge is 0.271 e. The maximum Gasteiger partial charge on any atom is 0.271 e. The van der Waals surface area contributed by atoms with E-state index in [-0.39, 0.29) is 17.0 Å². The molecule has 0 saturated carbocycles. The molecule has 0 radical (unpaired) electrons. The van der Waals surface area contributed by atoms with Gasteiger partial charge in [-0.2, -0.15) is 0 Å². The second-order valence-electron chi connectivity index (χ2n) is 7.41. The van der Waals surface area contributed by atoms with Gasteiger partial charge in [0.2, 0.25) is 15.9 Å². The summed E-state index contributed by atoms with van der Waals surface area (Å²) in [7, 11) is -3.89. The average molecular weight is 454 g/mol. The molecule has 0 spiro atoms. The number of non-ortho nitro benzene ring substituents is 1. The molecular weight excluding hydrogens is 430 g/mol. The Kier molecular flexibility index (Phi) is 7.01. The summed E-state index contributed by atoms with van der Waals surface area (Å²) in [6.07, 6.45) is -0.197. The van der Waals surface area contributed by atoms with Crippen LogP contribution in [0.3, 0.4) is 0 Å². The van der Waals surface area contributed by atoms with E-state index in [2.05, 4.69) is 10.0 Å². The molecule has 0 unspecified atom stereocenters. The molecule has 0 aromatic heterocycles. The molecule has 0 fully saturated rings. The van der Waals surface area contributed by atoms with Gasteiger partial charge in [0.1, 0.15) is 0 Å². The van der Waals surface area contributed by atoms with Gasteiger partial charge < -0.3 is 5.32 Å². The van der Waals surface area contributed by atoms with Crippen LogP contribution in [0.4, 0.5) is 11.4 Å². The molecular formula is C23H23N3O5S. The maximum atomic E-state index is 12.9. The Morgan fingerprint density at radius 1 is 1.00 bits per heavy atom. The number of nitrogens with one attached hydrogen (secondary N) is 2. The van der Waals surface area contributed by atoms with Gasteiger partial charge in [-0.05, 0) is 37.1 Å². The number of anilines is 1. The summed E-state index contributed by atoms with van der Waals surface area (Å²) in [5.41, 5.74) is 2.35. The van der Waals surface area contributed by atoms with E-state index >= 15 is 0 Å². The van der Waals surface area contributed by atoms with Crippen molar-refractivity contribution in [2.75, 3.05) is 5.32 Å². The summed E-state index contributed by atoms with van der Waals surface area (Å²) in [5, 5.41) is 13.7. The summed E-state index contributed by atoms with van der Waals surface area (Å²) >= 11 is 0. The van der Waals surface area contributed by atoms with Crippen LogP contribution < -0.4 is 10.0 Å². The third-order valence-electron chi connectivity index (χ3n) is 4.93. The van der Waals surface area contributed by atoms with Crippen LogP contribution in [0.15, 0.2) is 77.7 Å². The number of nitro groups is 1. The average Bonchev–Trinajstić information content (AvgIpc) is 2.75. The number of rotatable bonds is 8. The first-order valence-electron chi connectivity index (χ1n) is 9.84. The van der Waals surface area contributed by atoms with Crippen molar-refractivity contribution in [3.05, 3.63) is 99.6 Å². The van der Waals surface area contributed by atoms with E-state index in [4.69, 9.17) is 0 Å². The number of amides is 1. The van der Waals surface area contributed by atoms with Crippen molar-refractivity contribution in [1.29, 1.82) is 0 Å². The van der Waals surface area contributed by atoms with Gasteiger partial charge in [-0.1, -0.05) is 54.1 Å². The largest absolute Gasteiger partial charge is 0.326 e. The highest BCUT2D eigenvalue weighted by atomic mass is 32.2. The van der Waals surface area contributed by atoms with Crippen LogP contribution in [-0.2, 0) is 14.8 Å². The third kappa shape index (κ3) is 5.77. The molecule has 0 saturated heterocycles. The minimum atomic E-state index is -3.89. The topological polar surface area (TPSA) is 118 Å². The number of nitrogens with zero attached hydrogens (tertiary/aromatic N) is 1. The van der Waals surface area contributed by atoms with E-state index in [1.54, 1.807) is 55.5 Å². The molecule has 2 N–H and O–H groups in total. The van der Waals surface area contributed by atoms with E-state index in [1.807, 2.05) is 6.92 Å². The van der Waals surface area contributed by atoms with Gasteiger partial charge in [-0.3, -0.25) is 14.9 Å². The van der Waals surface area contributed by atoms with Gasteiger partial charge in [0.05, 0.1) is 21.5 Å². The fourth-order valence-corrected chi connectivity index (χ4v) is 4.35. The van der Waals surface area contributed by atoms with Gasteiger partial charge in [0, 0.05) is 18.6 Å². The minimum Gasteiger partial charge on any atom is -0.326 e. The Morgan fingerprint density at radius 2 is 1.66 bits per heavy atom. The summed E-state index contributed by atoms with van der Waals surface area (Å²) in [6.45, 7) is 3.57. The zero-order chi connectivity index (χ0) is 23.3. The summed E-state index contributed by atoms with van der Waals surface area (Å²) in [4.78, 5) is 23.4. The predicted molar refractivity (Wildman–Crippen MR) is 122 cm³/mol. The van der Waals surface area contributed by atoms with Gasteiger partial charge >= 0.3 is 0 Å². The quantitative estimate of drug-likeness (QED) is 0.390. The summed E-state index contributed by atoms with van der Waals surface area (Å²) in [6, 6.07) is 18.5. The van der Waals surface area contributed by atoms with E-state index in [0.717, 1.165) is 5.56 Å². The molecule has 0 aliphatic carbocycles. The molecule has 8 nitrogen and oxygen atoms in total. The van der Waals surface area contributed by atoms with Crippen molar-refractivity contribution in [3.63, 3.8) is 0 Å². The fourth-order valence-electron chi connectivity index (χ4n) is 3.13. The first-order chi connectivity index (χ1) is 15.2. The first kappa shape index (κ1) is 23.1. The Labute approximate surface area is 186 Å². The SMILES string of the molecule is Cc1ccc(S(=O)(=O)N[C@@H](CC(=O)Nc2cc([N+](=O)[O-])ccc2C)c2ccccc2)cc1. The van der Waals surface area contributed by atoms with E-state index < -0.39 is 26.9 Å². The minimum absolute atomic E-state index is 0.0963. The lowest BCUT2D eigenvalue weighted by Gasteiger charge is -2.19. The molecule has 3 rings (SSSR count). The van der Waals surface area contributed by atoms with E-state index in [0.29, 0.717) is 16.8 Å². The van der Waals surface area contributed by atoms with Gasteiger partial charge in [0.25, 0.3) is 5.69 Å². The molecule has 0 heterocycles. The number of nitro benzene ring substituents is 1. The lowest BCUT2D eigenvalue weighted by Crippen LogP contribution is -2.31. The van der Waals surface area contributed by atoms with Crippen LogP contribution in [0.25, 0.3) is 0 Å². The second kappa shape index (κ2) is 9.71. The molecule has 32 heavy (non-hydrogen) atoms. The highest BCUT2D eigenvalue weighted by Gasteiger charge is 2.24. The van der Waals surface area contributed by atoms with E-state index in [1.165, 1.54) is 24.3 Å². The monoisotopic (exact) mass is 453 g/mol. The van der Waals surface area contributed by atoms with E-state index in [9.17, 15) is 23.3 Å². The zero-order valence-electron chi connectivity index (χ0n) is 17.6. The van der Waals surface area contributed by atoms with Gasteiger partial charge in [-0.15, -0.1) is 0 Å². The third-order valence-corrected chi connectivity index (χ3v) is 6.41. The second-order valence-corrected chi connectivity index (χ2v) is 9.12. The molecule has 0 aliphatic heterocycles. The highest BCUT2D eigenvalue weighted by Crippen LogP contribution is 2.25. The molecule has 1 amide bonds. The lowest BCUT2D eigenvalue weighted by atomic mass is 10.0. The molecule has 0 bridgehead atoms. The lowest BCUT2D eigenvalue weighted by molar-refractivity contribution is -0.384. The fraction of sp³-hybridized carbons (Fsp3) is 0.174. The van der Waals surface area contributed by atoms with Crippen LogP contribution in [0.1, 0.15) is 29.2 Å². The molecule has 166 valence electrons. The van der Waals surface area contributed by atoms with Gasteiger partial charge in [-0.25, -0.2) is 13.1 Å². The molecule has 9 heteroatoms. The zero-order valence-corrected chi connectivity index (χ0v) is 18.4. The van der Waals surface area contributed by atoms with Crippen LogP contribution >= 0.6 is 0 Å². The Bertz CT molecular complexity index is 1230. The van der Waals surface area contributed by atoms with Crippen molar-refractivity contribution in [2.45, 2.75) is 31.2 Å². The number of aryl methyl sites for hydroxylation is 2. The highest BCUT2D eigenvalue weighted by molar-refractivity contribution is 7.89. The Balaban J connectivity index is 1.84. The van der Waals surface area contributed by atoms with Crippen LogP contribution in [-0.4, -0.2) is 19.2 Å². The van der Waals surface area contributed by atoms with Crippen molar-refractivity contribution in [1.82, 2.24) is 4.72 Å². The van der Waals surface area contributed by atoms with Crippen LogP contribution in [0.5, 0.6) is 0 Å². The number of benzene rings is 3. The Hall–Kier alpha value is -3.56. The van der Waals surface area contributed by atoms with Gasteiger partial charge in [0.15, 0.2) is 0 Å². The van der Waals surface area contributed by atoms with Crippen molar-refractivity contribution >= 4 is 27.3 Å². The first-order valence-corrected chi connectivity index (χ1v) is 11.3. The van der Waals surface area contributed by atoms with Crippen LogP contribution in [0, 0.1) is 24.0 Å².